The third-order valence-electron chi connectivity index (χ3n) is 11.2. The predicted octanol–water partition coefficient (Wildman–Crippen LogP) is 11.4. The first-order chi connectivity index (χ1) is 30.6. The molecule has 0 aliphatic carbocycles. The molecule has 8 nitrogen and oxygen atoms in total. The van der Waals surface area contributed by atoms with Crippen LogP contribution in [-0.2, 0) is 0 Å². The van der Waals surface area contributed by atoms with Crippen LogP contribution >= 0.6 is 0 Å². The van der Waals surface area contributed by atoms with Crippen LogP contribution in [0.25, 0.3) is 101 Å². The van der Waals surface area contributed by atoms with Gasteiger partial charge in [0, 0.05) is 33.0 Å². The molecule has 3 aromatic heterocycles. The largest absolute Gasteiger partial charge is 0.340 e. The first-order valence-corrected chi connectivity index (χ1v) is 20.3. The lowest BCUT2D eigenvalue weighted by Gasteiger charge is -2.17. The van der Waals surface area contributed by atoms with Crippen molar-refractivity contribution in [2.45, 2.75) is 0 Å². The van der Waals surface area contributed by atoms with Crippen molar-refractivity contribution in [3.8, 4) is 67.8 Å². The van der Waals surface area contributed by atoms with Gasteiger partial charge in [-0.1, -0.05) is 158 Å². The van der Waals surface area contributed by atoms with E-state index in [1.807, 2.05) is 200 Å². The first kappa shape index (κ1) is 36.5. The monoisotopic (exact) mass is 798 g/mol. The van der Waals surface area contributed by atoms with Crippen molar-refractivity contribution in [3.63, 3.8) is 0 Å². The lowest BCUT2D eigenvalue weighted by atomic mass is 10.0. The summed E-state index contributed by atoms with van der Waals surface area (Å²) >= 11 is 0. The molecule has 0 aliphatic heterocycles. The van der Waals surface area contributed by atoms with Crippen molar-refractivity contribution >= 4 is 32.7 Å². The molecule has 8 aromatic carbocycles. The van der Waals surface area contributed by atoms with E-state index in [2.05, 4.69) is 0 Å². The molecular formula is C54H34N6O2. The summed E-state index contributed by atoms with van der Waals surface area (Å²) in [6.07, 6.45) is 0. The average molecular weight is 799 g/mol. The van der Waals surface area contributed by atoms with E-state index in [1.54, 1.807) is 10.6 Å². The fraction of sp³-hybridized carbons (Fsp3) is 0. The molecule has 0 bridgehead atoms. The van der Waals surface area contributed by atoms with Gasteiger partial charge in [0.2, 0.25) is 0 Å². The fourth-order valence-corrected chi connectivity index (χ4v) is 8.21. The fourth-order valence-electron chi connectivity index (χ4n) is 8.21. The maximum atomic E-state index is 15.1. The van der Waals surface area contributed by atoms with Crippen LogP contribution in [-0.4, -0.2) is 29.1 Å². The molecule has 0 unspecified atom stereocenters. The van der Waals surface area contributed by atoms with Gasteiger partial charge in [-0.2, -0.15) is 0 Å². The van der Waals surface area contributed by atoms with Crippen LogP contribution in [0.2, 0.25) is 0 Å². The Morgan fingerprint density at radius 1 is 0.323 bits per heavy atom. The van der Waals surface area contributed by atoms with Crippen LogP contribution in [0.1, 0.15) is 0 Å². The predicted molar refractivity (Wildman–Crippen MR) is 249 cm³/mol. The number of hydrogen-bond acceptors (Lipinski definition) is 6. The van der Waals surface area contributed by atoms with Crippen molar-refractivity contribution < 1.29 is 0 Å². The molecule has 3 heterocycles. The van der Waals surface area contributed by atoms with E-state index in [0.717, 1.165) is 55.4 Å². The Balaban J connectivity index is 1.12. The molecule has 11 rings (SSSR count). The minimum atomic E-state index is -0.530. The summed E-state index contributed by atoms with van der Waals surface area (Å²) in [5, 5.41) is 2.24. The van der Waals surface area contributed by atoms with Gasteiger partial charge in [-0.15, -0.1) is 0 Å². The zero-order valence-electron chi connectivity index (χ0n) is 33.1. The molecule has 292 valence electrons. The van der Waals surface area contributed by atoms with Crippen LogP contribution in [0.15, 0.2) is 216 Å². The highest BCUT2D eigenvalue weighted by molar-refractivity contribution is 5.95. The highest BCUT2D eigenvalue weighted by Crippen LogP contribution is 2.32. The minimum absolute atomic E-state index is 0.378. The van der Waals surface area contributed by atoms with Gasteiger partial charge in [-0.05, 0) is 59.7 Å². The van der Waals surface area contributed by atoms with E-state index in [9.17, 15) is 4.79 Å². The molecule has 0 saturated heterocycles. The standard InChI is InChI=1S/C54H34N6O2/c61-53-45-34-38(35-16-4-1-5-17-35)30-31-48(45)59(41-24-14-22-39(32-41)51-55-46-28-12-10-26-43(46)49(57-51)36-18-6-2-7-19-36)54(62)60(53)42-25-15-23-40(33-42)52-56-47-29-13-11-27-44(47)50(58-52)37-20-8-3-9-21-37/h1-34H. The van der Waals surface area contributed by atoms with Crippen molar-refractivity contribution in [1.82, 2.24) is 29.1 Å². The number of benzene rings is 8. The Morgan fingerprint density at radius 3 is 1.31 bits per heavy atom. The maximum Gasteiger partial charge on any atom is 0.340 e. The molecule has 11 aromatic rings. The van der Waals surface area contributed by atoms with Crippen molar-refractivity contribution in [2.24, 2.45) is 0 Å². The van der Waals surface area contributed by atoms with Gasteiger partial charge in [0.15, 0.2) is 11.6 Å². The summed E-state index contributed by atoms with van der Waals surface area (Å²) < 4.78 is 2.84. The van der Waals surface area contributed by atoms with Crippen molar-refractivity contribution in [2.75, 3.05) is 0 Å². The van der Waals surface area contributed by atoms with Crippen LogP contribution < -0.4 is 11.2 Å². The quantitative estimate of drug-likeness (QED) is 0.159. The summed E-state index contributed by atoms with van der Waals surface area (Å²) in [5.41, 5.74) is 8.74. The van der Waals surface area contributed by atoms with E-state index in [1.165, 1.54) is 4.57 Å². The highest BCUT2D eigenvalue weighted by atomic mass is 16.2. The van der Waals surface area contributed by atoms with Gasteiger partial charge in [0.05, 0.1) is 44.7 Å². The number of aromatic nitrogens is 6. The highest BCUT2D eigenvalue weighted by Gasteiger charge is 2.20. The molecule has 0 N–H and O–H groups in total. The SMILES string of the molecule is O=c1c2cc(-c3ccccc3)ccc2n(-c2cccc(-c3nc(-c4ccccc4)c4ccccc4n3)c2)c(=O)n1-c1cccc(-c2nc(-c3ccccc3)c3ccccc3n2)c1. The molecule has 62 heavy (non-hydrogen) atoms. The second-order valence-corrected chi connectivity index (χ2v) is 15.0. The lowest BCUT2D eigenvalue weighted by Crippen LogP contribution is -2.38. The number of nitrogens with zero attached hydrogens (tertiary/aromatic N) is 6. The molecule has 0 amide bonds. The molecule has 0 spiro atoms. The van der Waals surface area contributed by atoms with Gasteiger partial charge >= 0.3 is 5.69 Å². The third-order valence-corrected chi connectivity index (χ3v) is 11.2. The lowest BCUT2D eigenvalue weighted by molar-refractivity contribution is 0.835. The van der Waals surface area contributed by atoms with Gasteiger partial charge in [-0.3, -0.25) is 9.36 Å². The van der Waals surface area contributed by atoms with E-state index >= 15 is 4.79 Å². The van der Waals surface area contributed by atoms with Gasteiger partial charge < -0.3 is 0 Å². The van der Waals surface area contributed by atoms with Gasteiger partial charge in [-0.25, -0.2) is 29.3 Å². The van der Waals surface area contributed by atoms with Gasteiger partial charge in [0.1, 0.15) is 0 Å². The summed E-state index contributed by atoms with van der Waals surface area (Å²) in [6, 6.07) is 66.4. The number of rotatable bonds is 7. The smallest absolute Gasteiger partial charge is 0.268 e. The van der Waals surface area contributed by atoms with Crippen LogP contribution in [0.4, 0.5) is 0 Å². The van der Waals surface area contributed by atoms with E-state index in [0.29, 0.717) is 45.1 Å². The molecule has 0 atom stereocenters. The normalized spacial score (nSPS) is 11.4. The summed E-state index contributed by atoms with van der Waals surface area (Å²) in [6.45, 7) is 0. The Kier molecular flexibility index (Phi) is 8.94. The summed E-state index contributed by atoms with van der Waals surface area (Å²) in [4.78, 5) is 50.1. The molecular weight excluding hydrogens is 765 g/mol. The topological polar surface area (TPSA) is 95.6 Å². The third kappa shape index (κ3) is 6.43. The Morgan fingerprint density at radius 2 is 0.774 bits per heavy atom. The van der Waals surface area contributed by atoms with E-state index in [4.69, 9.17) is 19.9 Å². The Hall–Kier alpha value is -8.62. The second-order valence-electron chi connectivity index (χ2n) is 15.0. The number of hydrogen-bond donors (Lipinski definition) is 0. The molecule has 8 heteroatoms. The molecule has 0 aliphatic rings. The second kappa shape index (κ2) is 15.2. The van der Waals surface area contributed by atoms with Crippen LogP contribution in [0.5, 0.6) is 0 Å². The van der Waals surface area contributed by atoms with E-state index in [-0.39, 0.29) is 0 Å². The van der Waals surface area contributed by atoms with Crippen molar-refractivity contribution in [3.05, 3.63) is 227 Å². The van der Waals surface area contributed by atoms with Gasteiger partial charge in [0.25, 0.3) is 5.56 Å². The molecule has 0 saturated carbocycles. The zero-order chi connectivity index (χ0) is 41.6. The maximum absolute atomic E-state index is 15.1. The van der Waals surface area contributed by atoms with Crippen LogP contribution in [0, 0.1) is 0 Å². The number of para-hydroxylation sites is 2. The zero-order valence-corrected chi connectivity index (χ0v) is 33.1. The molecule has 0 fully saturated rings. The first-order valence-electron chi connectivity index (χ1n) is 20.3. The number of fused-ring (bicyclic) bond motifs is 3. The Labute approximate surface area is 355 Å². The van der Waals surface area contributed by atoms with E-state index < -0.39 is 11.2 Å². The van der Waals surface area contributed by atoms with Crippen molar-refractivity contribution in [1.29, 1.82) is 0 Å². The van der Waals surface area contributed by atoms with Crippen LogP contribution in [0.3, 0.4) is 0 Å². The molecule has 0 radical (unpaired) electrons. The Bertz CT molecular complexity index is 3620. The average Bonchev–Trinajstić information content (AvgIpc) is 3.34. The summed E-state index contributed by atoms with van der Waals surface area (Å²) in [5.74, 6) is 0.988. The summed E-state index contributed by atoms with van der Waals surface area (Å²) in [7, 11) is 0. The minimum Gasteiger partial charge on any atom is -0.268 e.